The molecule has 0 bridgehead atoms. The number of ketones is 1. The Morgan fingerprint density at radius 1 is 1.05 bits per heavy atom. The number of aliphatic hydroxyl groups is 2. The summed E-state index contributed by atoms with van der Waals surface area (Å²) in [5, 5.41) is 21.2. The van der Waals surface area contributed by atoms with Crippen molar-refractivity contribution in [1.29, 1.82) is 0 Å². The number of carbonyl (C=O) groups excluding carboxylic acids is 1. The molecule has 0 radical (unpaired) electrons. The van der Waals surface area contributed by atoms with Gasteiger partial charge in [0.05, 0.1) is 12.7 Å². The molecule has 0 aromatic heterocycles. The molecule has 21 heavy (non-hydrogen) atoms. The maximum absolute atomic E-state index is 12.4. The monoisotopic (exact) mass is 285 g/mol. The molecule has 2 aromatic rings. The number of carbonyl (C=O) groups is 1. The normalized spacial score (nSPS) is 11.9. The van der Waals surface area contributed by atoms with Crippen molar-refractivity contribution >= 4 is 11.5 Å². The minimum Gasteiger partial charge on any atom is -0.394 e. The van der Waals surface area contributed by atoms with Gasteiger partial charge in [-0.2, -0.15) is 0 Å². The molecule has 4 heteroatoms. The van der Waals surface area contributed by atoms with Crippen LogP contribution >= 0.6 is 0 Å². The van der Waals surface area contributed by atoms with E-state index in [2.05, 4.69) is 5.32 Å². The van der Waals surface area contributed by atoms with Crippen LogP contribution in [0.25, 0.3) is 0 Å². The molecule has 1 atom stereocenters. The number of Topliss-reactive ketones (excluding diaryl/α,β-unsaturated/α-hetero) is 1. The summed E-state index contributed by atoms with van der Waals surface area (Å²) in [4.78, 5) is 12.4. The van der Waals surface area contributed by atoms with Crippen molar-refractivity contribution in [2.24, 2.45) is 0 Å². The number of nitrogens with one attached hydrogen (secondary N) is 1. The lowest BCUT2D eigenvalue weighted by atomic mass is 10.0. The Balaban J connectivity index is 2.10. The minimum absolute atomic E-state index is 0.0165. The van der Waals surface area contributed by atoms with Gasteiger partial charge in [0.15, 0.2) is 5.78 Å². The molecule has 0 saturated heterocycles. The predicted octanol–water partition coefficient (Wildman–Crippen LogP) is 1.88. The lowest BCUT2D eigenvalue weighted by Gasteiger charge is -2.13. The Hall–Kier alpha value is -2.17. The number of hydrogen-bond donors (Lipinski definition) is 3. The zero-order valence-electron chi connectivity index (χ0n) is 11.7. The van der Waals surface area contributed by atoms with Crippen LogP contribution in [0.3, 0.4) is 0 Å². The topological polar surface area (TPSA) is 69.6 Å². The summed E-state index contributed by atoms with van der Waals surface area (Å²) in [6.07, 6.45) is -0.510. The van der Waals surface area contributed by atoms with Crippen molar-refractivity contribution in [2.75, 3.05) is 18.5 Å². The van der Waals surface area contributed by atoms with Crippen molar-refractivity contribution in [3.8, 4) is 0 Å². The number of rotatable bonds is 7. The molecular weight excluding hydrogens is 266 g/mol. The van der Waals surface area contributed by atoms with Crippen LogP contribution in [0.1, 0.15) is 15.9 Å². The lowest BCUT2D eigenvalue weighted by molar-refractivity contribution is 0.0991. The maximum atomic E-state index is 12.4. The molecule has 0 fully saturated rings. The van der Waals surface area contributed by atoms with Crippen molar-refractivity contribution in [3.05, 3.63) is 65.7 Å². The standard InChI is InChI=1S/C17H19NO3/c19-12-14(20)11-18-16-9-5-4-8-15(16)17(21)10-13-6-2-1-3-7-13/h1-9,14,18-20H,10-12H2. The molecular formula is C17H19NO3. The third-order valence-corrected chi connectivity index (χ3v) is 3.17. The molecule has 0 heterocycles. The van der Waals surface area contributed by atoms with E-state index in [0.717, 1.165) is 5.56 Å². The summed E-state index contributed by atoms with van der Waals surface area (Å²) in [6, 6.07) is 16.8. The summed E-state index contributed by atoms with van der Waals surface area (Å²) in [5.41, 5.74) is 2.23. The fourth-order valence-corrected chi connectivity index (χ4v) is 2.05. The summed E-state index contributed by atoms with van der Waals surface area (Å²) in [5.74, 6) is 0.0165. The van der Waals surface area contributed by atoms with Crippen LogP contribution in [-0.4, -0.2) is 35.3 Å². The summed E-state index contributed by atoms with van der Waals surface area (Å²) >= 11 is 0. The van der Waals surface area contributed by atoms with Gasteiger partial charge in [-0.3, -0.25) is 4.79 Å². The number of hydrogen-bond acceptors (Lipinski definition) is 4. The third-order valence-electron chi connectivity index (χ3n) is 3.17. The smallest absolute Gasteiger partial charge is 0.169 e. The first kappa shape index (κ1) is 15.2. The first-order valence-corrected chi connectivity index (χ1v) is 6.89. The van der Waals surface area contributed by atoms with Crippen LogP contribution in [0.2, 0.25) is 0 Å². The quantitative estimate of drug-likeness (QED) is 0.679. The van der Waals surface area contributed by atoms with E-state index in [-0.39, 0.29) is 18.9 Å². The molecule has 0 spiro atoms. The molecule has 0 aliphatic rings. The van der Waals surface area contributed by atoms with Crippen LogP contribution in [-0.2, 0) is 6.42 Å². The van der Waals surface area contributed by atoms with Gasteiger partial charge in [0.25, 0.3) is 0 Å². The fraction of sp³-hybridized carbons (Fsp3) is 0.235. The number of para-hydroxylation sites is 1. The van der Waals surface area contributed by atoms with Crippen molar-refractivity contribution in [2.45, 2.75) is 12.5 Å². The summed E-state index contributed by atoms with van der Waals surface area (Å²) in [7, 11) is 0. The first-order chi connectivity index (χ1) is 10.2. The van der Waals surface area contributed by atoms with Gasteiger partial charge in [-0.1, -0.05) is 42.5 Å². The van der Waals surface area contributed by atoms with Crippen LogP contribution in [0.5, 0.6) is 0 Å². The van der Waals surface area contributed by atoms with Crippen molar-refractivity contribution < 1.29 is 15.0 Å². The van der Waals surface area contributed by atoms with Gasteiger partial charge in [-0.05, 0) is 17.7 Å². The number of anilines is 1. The van der Waals surface area contributed by atoms with Gasteiger partial charge >= 0.3 is 0 Å². The van der Waals surface area contributed by atoms with Crippen LogP contribution in [0.4, 0.5) is 5.69 Å². The molecule has 1 unspecified atom stereocenters. The maximum Gasteiger partial charge on any atom is 0.169 e. The Labute approximate surface area is 124 Å². The molecule has 4 nitrogen and oxygen atoms in total. The van der Waals surface area contributed by atoms with Crippen molar-refractivity contribution in [3.63, 3.8) is 0 Å². The zero-order valence-corrected chi connectivity index (χ0v) is 11.7. The molecule has 0 aliphatic carbocycles. The molecule has 2 aromatic carbocycles. The summed E-state index contributed by atoms with van der Waals surface area (Å²) in [6.45, 7) is -0.112. The predicted molar refractivity (Wildman–Crippen MR) is 82.5 cm³/mol. The van der Waals surface area contributed by atoms with E-state index in [4.69, 9.17) is 5.11 Å². The van der Waals surface area contributed by atoms with E-state index in [1.54, 1.807) is 12.1 Å². The highest BCUT2D eigenvalue weighted by molar-refractivity contribution is 6.02. The summed E-state index contributed by atoms with van der Waals surface area (Å²) < 4.78 is 0. The van der Waals surface area contributed by atoms with Crippen molar-refractivity contribution in [1.82, 2.24) is 0 Å². The van der Waals surface area contributed by atoms with E-state index < -0.39 is 6.10 Å². The van der Waals surface area contributed by atoms with Gasteiger partial charge in [0.2, 0.25) is 0 Å². The lowest BCUT2D eigenvalue weighted by Crippen LogP contribution is -2.23. The Kier molecular flexibility index (Phi) is 5.49. The largest absolute Gasteiger partial charge is 0.394 e. The molecule has 0 aliphatic heterocycles. The van der Waals surface area contributed by atoms with Gasteiger partial charge in [-0.25, -0.2) is 0 Å². The van der Waals surface area contributed by atoms with E-state index in [1.165, 1.54) is 0 Å². The SMILES string of the molecule is O=C(Cc1ccccc1)c1ccccc1NCC(O)CO. The highest BCUT2D eigenvalue weighted by atomic mass is 16.3. The second-order valence-corrected chi connectivity index (χ2v) is 4.85. The van der Waals surface area contributed by atoms with E-state index in [0.29, 0.717) is 17.7 Å². The van der Waals surface area contributed by atoms with E-state index in [1.807, 2.05) is 42.5 Å². The van der Waals surface area contributed by atoms with Gasteiger partial charge in [0.1, 0.15) is 0 Å². The van der Waals surface area contributed by atoms with E-state index >= 15 is 0 Å². The zero-order chi connectivity index (χ0) is 15.1. The Morgan fingerprint density at radius 2 is 1.71 bits per heavy atom. The van der Waals surface area contributed by atoms with E-state index in [9.17, 15) is 9.90 Å². The third kappa shape index (κ3) is 4.41. The average molecular weight is 285 g/mol. The van der Waals surface area contributed by atoms with Crippen LogP contribution in [0, 0.1) is 0 Å². The minimum atomic E-state index is -0.845. The Bertz CT molecular complexity index is 584. The van der Waals surface area contributed by atoms with Gasteiger partial charge in [-0.15, -0.1) is 0 Å². The Morgan fingerprint density at radius 3 is 2.43 bits per heavy atom. The first-order valence-electron chi connectivity index (χ1n) is 6.89. The fourth-order valence-electron chi connectivity index (χ4n) is 2.05. The average Bonchev–Trinajstić information content (AvgIpc) is 2.53. The molecule has 2 rings (SSSR count). The number of aliphatic hydroxyl groups excluding tert-OH is 2. The molecule has 0 saturated carbocycles. The second kappa shape index (κ2) is 7.57. The second-order valence-electron chi connectivity index (χ2n) is 4.85. The van der Waals surface area contributed by atoms with Gasteiger partial charge in [0, 0.05) is 24.2 Å². The highest BCUT2D eigenvalue weighted by Crippen LogP contribution is 2.17. The highest BCUT2D eigenvalue weighted by Gasteiger charge is 2.12. The van der Waals surface area contributed by atoms with Crippen LogP contribution in [0.15, 0.2) is 54.6 Å². The van der Waals surface area contributed by atoms with Crippen LogP contribution < -0.4 is 5.32 Å². The molecule has 3 N–H and O–H groups in total. The molecule has 110 valence electrons. The number of benzene rings is 2. The van der Waals surface area contributed by atoms with Gasteiger partial charge < -0.3 is 15.5 Å². The molecule has 0 amide bonds.